The van der Waals surface area contributed by atoms with E-state index in [1.54, 1.807) is 0 Å². The predicted octanol–water partition coefficient (Wildman–Crippen LogP) is 0.957. The number of hydrogen-bond donors (Lipinski definition) is 1. The lowest BCUT2D eigenvalue weighted by Crippen LogP contribution is -2.32. The Kier molecular flexibility index (Phi) is 2.37. The molecular weight excluding hydrogens is 182 g/mol. The molecule has 74 valence electrons. The molecule has 1 saturated heterocycles. The fourth-order valence-electron chi connectivity index (χ4n) is 1.39. The predicted molar refractivity (Wildman–Crippen MR) is 49.3 cm³/mol. The molecule has 2 rings (SSSR count). The van der Waals surface area contributed by atoms with E-state index in [4.69, 9.17) is 0 Å². The number of cyclic esters (lactones) is 1. The molecule has 0 saturated carbocycles. The van der Waals surface area contributed by atoms with Crippen LogP contribution in [0.15, 0.2) is 30.3 Å². The maximum absolute atomic E-state index is 11.1. The van der Waals surface area contributed by atoms with Crippen molar-refractivity contribution in [2.75, 3.05) is 6.61 Å². The van der Waals surface area contributed by atoms with Gasteiger partial charge in [0.1, 0.15) is 6.61 Å². The van der Waals surface area contributed by atoms with Gasteiger partial charge in [0.25, 0.3) is 0 Å². The topological polar surface area (TPSA) is 49.8 Å². The molecule has 1 atom stereocenters. The number of carbonyl (C=O) groups is 1. The van der Waals surface area contributed by atoms with Gasteiger partial charge in [-0.2, -0.15) is 0 Å². The van der Waals surface area contributed by atoms with Crippen molar-refractivity contribution in [2.45, 2.75) is 12.8 Å². The van der Waals surface area contributed by atoms with Crippen LogP contribution in [0.5, 0.6) is 0 Å². The summed E-state index contributed by atoms with van der Waals surface area (Å²) in [5.41, 5.74) is 0.977. The van der Waals surface area contributed by atoms with E-state index in [2.05, 4.69) is 4.74 Å². The van der Waals surface area contributed by atoms with E-state index in [9.17, 15) is 9.90 Å². The third-order valence-corrected chi connectivity index (χ3v) is 2.15. The Balaban J connectivity index is 2.07. The number of aliphatic hydroxyl groups is 1. The molecule has 0 spiro atoms. The minimum Gasteiger partial charge on any atom is -0.445 e. The van der Waals surface area contributed by atoms with E-state index in [-0.39, 0.29) is 6.61 Å². The van der Waals surface area contributed by atoms with Crippen LogP contribution in [0.3, 0.4) is 0 Å². The minimum atomic E-state index is -0.817. The molecule has 1 heterocycles. The normalized spacial score (nSPS) is 21.1. The number of ether oxygens (including phenoxy) is 1. The number of carbonyl (C=O) groups excluding carboxylic acids is 1. The quantitative estimate of drug-likeness (QED) is 0.761. The molecule has 0 aliphatic carbocycles. The van der Waals surface area contributed by atoms with Crippen LogP contribution in [0.25, 0.3) is 0 Å². The molecule has 1 amide bonds. The van der Waals surface area contributed by atoms with Gasteiger partial charge in [0.15, 0.2) is 6.23 Å². The summed E-state index contributed by atoms with van der Waals surface area (Å²) in [6.07, 6.45) is -1.27. The van der Waals surface area contributed by atoms with Crippen molar-refractivity contribution in [2.24, 2.45) is 0 Å². The van der Waals surface area contributed by atoms with E-state index in [0.717, 1.165) is 5.56 Å². The lowest BCUT2D eigenvalue weighted by atomic mass is 10.2. The third-order valence-electron chi connectivity index (χ3n) is 2.15. The molecule has 1 aliphatic rings. The summed E-state index contributed by atoms with van der Waals surface area (Å²) < 4.78 is 4.69. The van der Waals surface area contributed by atoms with Crippen LogP contribution in [0.1, 0.15) is 5.56 Å². The van der Waals surface area contributed by atoms with Crippen molar-refractivity contribution in [1.29, 1.82) is 0 Å². The SMILES string of the molecule is O=C1OCC(O)N1Cc1ccccc1. The standard InChI is InChI=1S/C10H11NO3/c12-9-7-14-10(13)11(9)6-8-4-2-1-3-5-8/h1-5,9,12H,6-7H2. The monoisotopic (exact) mass is 193 g/mol. The average Bonchev–Trinajstić information content (AvgIpc) is 2.51. The third kappa shape index (κ3) is 1.70. The lowest BCUT2D eigenvalue weighted by Gasteiger charge is -2.16. The van der Waals surface area contributed by atoms with Gasteiger partial charge in [-0.05, 0) is 5.56 Å². The molecular formula is C10H11NO3. The van der Waals surface area contributed by atoms with Gasteiger partial charge in [-0.1, -0.05) is 30.3 Å². The largest absolute Gasteiger partial charge is 0.445 e. The number of aliphatic hydroxyl groups excluding tert-OH is 1. The maximum Gasteiger partial charge on any atom is 0.412 e. The van der Waals surface area contributed by atoms with Crippen LogP contribution in [0, 0.1) is 0 Å². The van der Waals surface area contributed by atoms with Crippen molar-refractivity contribution in [3.63, 3.8) is 0 Å². The molecule has 1 fully saturated rings. The minimum absolute atomic E-state index is 0.0612. The van der Waals surface area contributed by atoms with Crippen LogP contribution in [0.2, 0.25) is 0 Å². The maximum atomic E-state index is 11.1. The van der Waals surface area contributed by atoms with Crippen LogP contribution in [0.4, 0.5) is 4.79 Å². The first-order valence-corrected chi connectivity index (χ1v) is 4.43. The summed E-state index contributed by atoms with van der Waals surface area (Å²) in [4.78, 5) is 12.4. The second kappa shape index (κ2) is 3.67. The molecule has 1 aromatic carbocycles. The summed E-state index contributed by atoms with van der Waals surface area (Å²) in [7, 11) is 0. The summed E-state index contributed by atoms with van der Waals surface area (Å²) in [6, 6.07) is 9.49. The van der Waals surface area contributed by atoms with Gasteiger partial charge in [-0.25, -0.2) is 4.79 Å². The van der Waals surface area contributed by atoms with Crippen LogP contribution in [-0.4, -0.2) is 28.9 Å². The first-order valence-electron chi connectivity index (χ1n) is 4.43. The highest BCUT2D eigenvalue weighted by Gasteiger charge is 2.30. The van der Waals surface area contributed by atoms with Gasteiger partial charge in [-0.3, -0.25) is 4.90 Å². The first-order chi connectivity index (χ1) is 6.77. The van der Waals surface area contributed by atoms with Crippen molar-refractivity contribution in [1.82, 2.24) is 4.90 Å². The molecule has 4 heteroatoms. The van der Waals surface area contributed by atoms with Crippen molar-refractivity contribution in [3.05, 3.63) is 35.9 Å². The molecule has 0 bridgehead atoms. The Labute approximate surface area is 81.7 Å². The molecule has 1 unspecified atom stereocenters. The molecule has 0 aromatic heterocycles. The number of amides is 1. The first kappa shape index (κ1) is 9.02. The van der Waals surface area contributed by atoms with Gasteiger partial charge < -0.3 is 9.84 Å². The van der Waals surface area contributed by atoms with Crippen LogP contribution in [-0.2, 0) is 11.3 Å². The summed E-state index contributed by atoms with van der Waals surface area (Å²) >= 11 is 0. The number of benzene rings is 1. The number of hydrogen-bond acceptors (Lipinski definition) is 3. The Morgan fingerprint density at radius 2 is 2.14 bits per heavy atom. The molecule has 14 heavy (non-hydrogen) atoms. The smallest absolute Gasteiger partial charge is 0.412 e. The Morgan fingerprint density at radius 1 is 1.43 bits per heavy atom. The second-order valence-electron chi connectivity index (χ2n) is 3.17. The number of rotatable bonds is 2. The summed E-state index contributed by atoms with van der Waals surface area (Å²) in [5, 5.41) is 9.40. The highest BCUT2D eigenvalue weighted by Crippen LogP contribution is 2.14. The second-order valence-corrected chi connectivity index (χ2v) is 3.17. The van der Waals surface area contributed by atoms with Gasteiger partial charge >= 0.3 is 6.09 Å². The van der Waals surface area contributed by atoms with Crippen LogP contribution < -0.4 is 0 Å². The van der Waals surface area contributed by atoms with Crippen molar-refractivity contribution < 1.29 is 14.6 Å². The van der Waals surface area contributed by atoms with E-state index in [0.29, 0.717) is 6.54 Å². The molecule has 1 aliphatic heterocycles. The zero-order valence-corrected chi connectivity index (χ0v) is 7.59. The fourth-order valence-corrected chi connectivity index (χ4v) is 1.39. The fraction of sp³-hybridized carbons (Fsp3) is 0.300. The molecule has 4 nitrogen and oxygen atoms in total. The summed E-state index contributed by atoms with van der Waals surface area (Å²) in [6.45, 7) is 0.451. The average molecular weight is 193 g/mol. The zero-order chi connectivity index (χ0) is 9.97. The van der Waals surface area contributed by atoms with Crippen molar-refractivity contribution in [3.8, 4) is 0 Å². The zero-order valence-electron chi connectivity index (χ0n) is 7.59. The number of nitrogens with zero attached hydrogens (tertiary/aromatic N) is 1. The molecule has 1 N–H and O–H groups in total. The van der Waals surface area contributed by atoms with E-state index >= 15 is 0 Å². The Morgan fingerprint density at radius 3 is 2.71 bits per heavy atom. The van der Waals surface area contributed by atoms with E-state index in [1.165, 1.54) is 4.90 Å². The van der Waals surface area contributed by atoms with Gasteiger partial charge in [0.05, 0.1) is 6.54 Å². The van der Waals surface area contributed by atoms with Crippen LogP contribution >= 0.6 is 0 Å². The van der Waals surface area contributed by atoms with Gasteiger partial charge in [-0.15, -0.1) is 0 Å². The molecule has 0 radical (unpaired) electrons. The summed E-state index contributed by atoms with van der Waals surface area (Å²) in [5.74, 6) is 0. The van der Waals surface area contributed by atoms with E-state index < -0.39 is 12.3 Å². The van der Waals surface area contributed by atoms with Crippen molar-refractivity contribution >= 4 is 6.09 Å². The van der Waals surface area contributed by atoms with E-state index in [1.807, 2.05) is 30.3 Å². The highest BCUT2D eigenvalue weighted by atomic mass is 16.6. The Hall–Kier alpha value is -1.55. The van der Waals surface area contributed by atoms with Gasteiger partial charge in [0.2, 0.25) is 0 Å². The molecule has 1 aromatic rings. The van der Waals surface area contributed by atoms with Gasteiger partial charge in [0, 0.05) is 0 Å². The highest BCUT2D eigenvalue weighted by molar-refractivity contribution is 5.69. The lowest BCUT2D eigenvalue weighted by molar-refractivity contribution is 0.0553. The Bertz CT molecular complexity index is 325.